The maximum atomic E-state index is 9.94. The van der Waals surface area contributed by atoms with Crippen LogP contribution >= 0.6 is 11.6 Å². The van der Waals surface area contributed by atoms with E-state index in [0.29, 0.717) is 47.9 Å². The van der Waals surface area contributed by atoms with Gasteiger partial charge in [-0.2, -0.15) is 5.26 Å². The van der Waals surface area contributed by atoms with Crippen molar-refractivity contribution in [3.63, 3.8) is 0 Å². The number of ether oxygens (including phenoxy) is 2. The number of nitriles is 1. The summed E-state index contributed by atoms with van der Waals surface area (Å²) in [6, 6.07) is 2.27. The first-order valence-electron chi connectivity index (χ1n) is 12.1. The van der Waals surface area contributed by atoms with Gasteiger partial charge in [0.25, 0.3) is 5.79 Å². The Morgan fingerprint density at radius 3 is 2.19 bits per heavy atom. The molecule has 31 heavy (non-hydrogen) atoms. The minimum absolute atomic E-state index is 0.0483. The number of aliphatic hydroxyl groups excluding tert-OH is 1. The van der Waals surface area contributed by atoms with E-state index in [1.165, 1.54) is 0 Å². The highest BCUT2D eigenvalue weighted by molar-refractivity contribution is 6.77. The largest absolute Gasteiger partial charge is 0.416 e. The van der Waals surface area contributed by atoms with E-state index < -0.39 is 20.2 Å². The molecule has 0 radical (unpaired) electrons. The van der Waals surface area contributed by atoms with E-state index in [1.807, 2.05) is 6.92 Å². The lowest BCUT2D eigenvalue weighted by atomic mass is 9.90. The molecule has 0 unspecified atom stereocenters. The third-order valence-corrected chi connectivity index (χ3v) is 13.6. The maximum absolute atomic E-state index is 9.94. The molecular weight excluding hydrogens is 430 g/mol. The molecule has 0 aliphatic carbocycles. The Balaban J connectivity index is 2.88. The van der Waals surface area contributed by atoms with E-state index in [0.717, 1.165) is 12.8 Å². The summed E-state index contributed by atoms with van der Waals surface area (Å²) in [4.78, 5) is 0. The first kappa shape index (κ1) is 28.9. The van der Waals surface area contributed by atoms with Crippen molar-refractivity contribution < 1.29 is 19.0 Å². The summed E-state index contributed by atoms with van der Waals surface area (Å²) in [5, 5.41) is 19.8. The molecule has 1 rings (SSSR count). The number of alkyl halides is 1. The summed E-state index contributed by atoms with van der Waals surface area (Å²) in [6.45, 7) is 18.4. The molecular formula is C24H46ClNO4Si. The molecule has 5 nitrogen and oxygen atoms in total. The van der Waals surface area contributed by atoms with Crippen molar-refractivity contribution in [1.29, 1.82) is 5.26 Å². The van der Waals surface area contributed by atoms with Gasteiger partial charge in [0.05, 0.1) is 18.8 Å². The number of aliphatic hydroxyl groups is 1. The number of rotatable bonds is 13. The highest BCUT2D eigenvalue weighted by Crippen LogP contribution is 2.43. The summed E-state index contributed by atoms with van der Waals surface area (Å²) in [5.41, 5.74) is 1.60. The number of nitrogens with zero attached hydrogens (tertiary/aromatic N) is 1. The number of hydrogen-bond acceptors (Lipinski definition) is 5. The monoisotopic (exact) mass is 475 g/mol. The van der Waals surface area contributed by atoms with Crippen LogP contribution in [0.5, 0.6) is 0 Å². The van der Waals surface area contributed by atoms with Crippen LogP contribution in [-0.2, 0) is 13.9 Å². The molecule has 0 aromatic heterocycles. The minimum atomic E-state index is -1.93. The second-order valence-electron chi connectivity index (χ2n) is 10.3. The molecule has 182 valence electrons. The zero-order valence-electron chi connectivity index (χ0n) is 21.0. The van der Waals surface area contributed by atoms with E-state index in [4.69, 9.17) is 25.5 Å². The summed E-state index contributed by atoms with van der Waals surface area (Å²) in [6.07, 6.45) is 2.25. The molecule has 0 aromatic carbocycles. The van der Waals surface area contributed by atoms with Crippen molar-refractivity contribution in [3.8, 4) is 6.07 Å². The third kappa shape index (κ3) is 7.16. The molecule has 1 fully saturated rings. The highest BCUT2D eigenvalue weighted by Gasteiger charge is 2.47. The molecule has 1 heterocycles. The van der Waals surface area contributed by atoms with Crippen molar-refractivity contribution >= 4 is 19.9 Å². The van der Waals surface area contributed by atoms with Crippen LogP contribution in [0.25, 0.3) is 0 Å². The summed E-state index contributed by atoms with van der Waals surface area (Å²) >= 11 is 5.87. The van der Waals surface area contributed by atoms with Gasteiger partial charge in [-0.15, -0.1) is 11.6 Å². The van der Waals surface area contributed by atoms with Gasteiger partial charge in [0.2, 0.25) is 0 Å². The fourth-order valence-corrected chi connectivity index (χ4v) is 11.2. The van der Waals surface area contributed by atoms with E-state index in [1.54, 1.807) is 0 Å². The van der Waals surface area contributed by atoms with Gasteiger partial charge in [0.1, 0.15) is 6.07 Å². The smallest absolute Gasteiger partial charge is 0.259 e. The SMILES string of the molecule is CC(C)[Si](OCC[C@H]1O[C@@](C#N)(O[C@@H](CO)[C@@H](C)CCCl)CC[C@@H]1C)(C(C)C)C(C)C. The second kappa shape index (κ2) is 12.9. The Hall–Kier alpha value is -0.163. The summed E-state index contributed by atoms with van der Waals surface area (Å²) in [5.74, 6) is -0.443. The van der Waals surface area contributed by atoms with Crippen LogP contribution in [0.1, 0.15) is 81.1 Å². The van der Waals surface area contributed by atoms with Crippen LogP contribution in [0.3, 0.4) is 0 Å². The van der Waals surface area contributed by atoms with Crippen molar-refractivity contribution in [3.05, 3.63) is 0 Å². The molecule has 0 amide bonds. The number of hydrogen-bond donors (Lipinski definition) is 1. The average Bonchev–Trinajstić information content (AvgIpc) is 2.70. The van der Waals surface area contributed by atoms with Gasteiger partial charge in [0.15, 0.2) is 8.32 Å². The van der Waals surface area contributed by atoms with Crippen molar-refractivity contribution in [2.45, 2.75) is 116 Å². The van der Waals surface area contributed by atoms with E-state index in [9.17, 15) is 10.4 Å². The van der Waals surface area contributed by atoms with Crippen LogP contribution in [0.2, 0.25) is 16.6 Å². The van der Waals surface area contributed by atoms with Crippen molar-refractivity contribution in [1.82, 2.24) is 0 Å². The zero-order valence-corrected chi connectivity index (χ0v) is 22.7. The van der Waals surface area contributed by atoms with Crippen LogP contribution in [-0.4, -0.2) is 50.5 Å². The zero-order chi connectivity index (χ0) is 23.8. The highest BCUT2D eigenvalue weighted by atomic mass is 35.5. The number of halogens is 1. The topological polar surface area (TPSA) is 71.7 Å². The van der Waals surface area contributed by atoms with Gasteiger partial charge in [-0.3, -0.25) is 0 Å². The molecule has 0 spiro atoms. The lowest BCUT2D eigenvalue weighted by Gasteiger charge is -2.44. The molecule has 5 atom stereocenters. The molecule has 0 bridgehead atoms. The lowest BCUT2D eigenvalue weighted by molar-refractivity contribution is -0.285. The van der Waals surface area contributed by atoms with Gasteiger partial charge < -0.3 is 19.0 Å². The standard InChI is InChI=1S/C24H46ClNO4Si/c1-17(2)31(18(3)4,19(5)6)28-14-11-22-20(7)9-12-24(16-26,29-22)30-23(15-27)21(8)10-13-25/h17-23,27H,9-15H2,1-8H3/t20-,21-,22+,23-,24+/m0/s1. The predicted octanol–water partition coefficient (Wildman–Crippen LogP) is 6.25. The summed E-state index contributed by atoms with van der Waals surface area (Å²) < 4.78 is 19.1. The van der Waals surface area contributed by atoms with Crippen LogP contribution in [0.4, 0.5) is 0 Å². The quantitative estimate of drug-likeness (QED) is 0.252. The maximum Gasteiger partial charge on any atom is 0.259 e. The van der Waals surface area contributed by atoms with E-state index in [2.05, 4.69) is 54.5 Å². The van der Waals surface area contributed by atoms with Crippen LogP contribution < -0.4 is 0 Å². The van der Waals surface area contributed by atoms with Gasteiger partial charge in [-0.05, 0) is 47.7 Å². The minimum Gasteiger partial charge on any atom is -0.416 e. The van der Waals surface area contributed by atoms with E-state index in [-0.39, 0.29) is 18.6 Å². The molecule has 7 heteroatoms. The first-order chi connectivity index (χ1) is 14.5. The average molecular weight is 476 g/mol. The molecule has 1 aliphatic heterocycles. The van der Waals surface area contributed by atoms with E-state index >= 15 is 0 Å². The fourth-order valence-electron chi connectivity index (χ4n) is 5.35. The molecule has 1 N–H and O–H groups in total. The van der Waals surface area contributed by atoms with Gasteiger partial charge in [-0.25, -0.2) is 0 Å². The van der Waals surface area contributed by atoms with Gasteiger partial charge >= 0.3 is 0 Å². The third-order valence-electron chi connectivity index (χ3n) is 7.26. The fraction of sp³-hybridized carbons (Fsp3) is 0.958. The van der Waals surface area contributed by atoms with Gasteiger partial charge in [0, 0.05) is 18.9 Å². The molecule has 0 aromatic rings. The Labute approximate surface area is 196 Å². The Kier molecular flexibility index (Phi) is 12.0. The lowest BCUT2D eigenvalue weighted by Crippen LogP contribution is -2.50. The Bertz CT molecular complexity index is 546. The van der Waals surface area contributed by atoms with Crippen LogP contribution in [0.15, 0.2) is 0 Å². The summed E-state index contributed by atoms with van der Waals surface area (Å²) in [7, 11) is -1.93. The van der Waals surface area contributed by atoms with Crippen molar-refractivity contribution in [2.75, 3.05) is 19.1 Å². The normalized spacial score (nSPS) is 27.0. The second-order valence-corrected chi connectivity index (χ2v) is 16.1. The van der Waals surface area contributed by atoms with Crippen LogP contribution in [0, 0.1) is 23.2 Å². The molecule has 1 aliphatic rings. The van der Waals surface area contributed by atoms with Crippen molar-refractivity contribution in [2.24, 2.45) is 11.8 Å². The van der Waals surface area contributed by atoms with Gasteiger partial charge in [-0.1, -0.05) is 55.4 Å². The predicted molar refractivity (Wildman–Crippen MR) is 130 cm³/mol. The Morgan fingerprint density at radius 2 is 1.74 bits per heavy atom. The molecule has 0 saturated carbocycles. The Morgan fingerprint density at radius 1 is 1.16 bits per heavy atom. The first-order valence-corrected chi connectivity index (χ1v) is 14.7. The molecule has 1 saturated heterocycles.